The fourth-order valence-electron chi connectivity index (χ4n) is 4.61. The second kappa shape index (κ2) is 8.63. The predicted molar refractivity (Wildman–Crippen MR) is 123 cm³/mol. The predicted octanol–water partition coefficient (Wildman–Crippen LogP) is 6.50. The highest BCUT2D eigenvalue weighted by Crippen LogP contribution is 2.45. The van der Waals surface area contributed by atoms with Crippen LogP contribution >= 0.6 is 0 Å². The summed E-state index contributed by atoms with van der Waals surface area (Å²) in [6.07, 6.45) is 4.88. The molecule has 0 amide bonds. The molecule has 2 aromatic rings. The van der Waals surface area contributed by atoms with Crippen LogP contribution in [0.15, 0.2) is 53.5 Å². The lowest BCUT2D eigenvalue weighted by Gasteiger charge is -2.37. The van der Waals surface area contributed by atoms with E-state index in [1.165, 1.54) is 12.8 Å². The highest BCUT2D eigenvalue weighted by atomic mass is 16.5. The van der Waals surface area contributed by atoms with Gasteiger partial charge in [-0.2, -0.15) is 0 Å². The number of rotatable bonds is 6. The molecule has 2 atom stereocenters. The molecule has 0 unspecified atom stereocenters. The maximum absolute atomic E-state index is 13.3. The Kier molecular flexibility index (Phi) is 5.94. The molecule has 2 aliphatic rings. The van der Waals surface area contributed by atoms with Gasteiger partial charge in [-0.1, -0.05) is 57.9 Å². The fraction of sp³-hybridized carbons (Fsp3) is 0.462. The normalized spacial score (nSPS) is 22.2. The number of benzene rings is 2. The molecule has 1 aliphatic heterocycles. The second-order valence-corrected chi connectivity index (χ2v) is 9.33. The molecular formula is C26H32N2O2. The summed E-state index contributed by atoms with van der Waals surface area (Å²) in [5, 5.41) is 3.64. The van der Waals surface area contributed by atoms with E-state index in [1.54, 1.807) is 0 Å². The Morgan fingerprint density at radius 1 is 1.07 bits per heavy atom. The van der Waals surface area contributed by atoms with Crippen molar-refractivity contribution in [2.24, 2.45) is 16.3 Å². The lowest BCUT2D eigenvalue weighted by molar-refractivity contribution is -0.124. The van der Waals surface area contributed by atoms with Crippen LogP contribution in [0, 0.1) is 11.3 Å². The molecule has 30 heavy (non-hydrogen) atoms. The highest BCUT2D eigenvalue weighted by Gasteiger charge is 2.43. The van der Waals surface area contributed by atoms with Crippen LogP contribution in [0.3, 0.4) is 0 Å². The number of hydrogen-bond acceptors (Lipinski definition) is 4. The number of nitrogens with one attached hydrogen (secondary N) is 1. The number of ketones is 1. The number of aliphatic imine (C=N–C) groups is 1. The Hall–Kier alpha value is -2.62. The van der Waals surface area contributed by atoms with Gasteiger partial charge in [0.2, 0.25) is 0 Å². The van der Waals surface area contributed by atoms with Crippen molar-refractivity contribution in [2.75, 3.05) is 11.9 Å². The van der Waals surface area contributed by atoms with Crippen molar-refractivity contribution in [1.82, 2.24) is 0 Å². The highest BCUT2D eigenvalue weighted by molar-refractivity contribution is 6.10. The van der Waals surface area contributed by atoms with Crippen LogP contribution < -0.4 is 10.1 Å². The molecule has 2 aromatic carbocycles. The number of hydrogen-bond donors (Lipinski definition) is 1. The van der Waals surface area contributed by atoms with Crippen molar-refractivity contribution < 1.29 is 9.53 Å². The van der Waals surface area contributed by atoms with E-state index >= 15 is 0 Å². The average Bonchev–Trinajstić information content (AvgIpc) is 2.87. The number of unbranched alkanes of at least 4 members (excludes halogenated alkanes) is 2. The van der Waals surface area contributed by atoms with Gasteiger partial charge >= 0.3 is 0 Å². The van der Waals surface area contributed by atoms with E-state index in [-0.39, 0.29) is 23.2 Å². The minimum absolute atomic E-state index is 0.0492. The molecule has 1 aliphatic carbocycles. The quantitative estimate of drug-likeness (QED) is 0.559. The van der Waals surface area contributed by atoms with Gasteiger partial charge in [0, 0.05) is 12.1 Å². The van der Waals surface area contributed by atoms with Crippen LogP contribution in [0.2, 0.25) is 0 Å². The zero-order valence-corrected chi connectivity index (χ0v) is 18.3. The van der Waals surface area contributed by atoms with Gasteiger partial charge in [-0.05, 0) is 48.1 Å². The number of nitrogens with zero attached hydrogens (tertiary/aromatic N) is 1. The number of fused-ring (bicyclic) bond motifs is 2. The lowest BCUT2D eigenvalue weighted by Crippen LogP contribution is -2.42. The largest absolute Gasteiger partial charge is 0.494 e. The minimum atomic E-state index is -0.234. The third-order valence-corrected chi connectivity index (χ3v) is 6.09. The van der Waals surface area contributed by atoms with Crippen molar-refractivity contribution in [2.45, 2.75) is 58.9 Å². The van der Waals surface area contributed by atoms with Gasteiger partial charge in [-0.3, -0.25) is 9.79 Å². The molecule has 0 spiro atoms. The summed E-state index contributed by atoms with van der Waals surface area (Å²) in [7, 11) is 0. The SMILES string of the molecule is CCCCCOc1ccc([C@@H]2Nc3ccccc3N=C3CC(C)(C)CC(=O)[C@@H]32)cc1. The molecule has 4 rings (SSSR count). The van der Waals surface area contributed by atoms with E-state index in [0.29, 0.717) is 6.42 Å². The number of Topliss-reactive ketones (excluding diaryl/α,β-unsaturated/α-hetero) is 1. The lowest BCUT2D eigenvalue weighted by atomic mass is 9.68. The Bertz CT molecular complexity index is 930. The molecule has 1 fully saturated rings. The van der Waals surface area contributed by atoms with Gasteiger partial charge in [0.05, 0.1) is 29.9 Å². The number of para-hydroxylation sites is 2. The van der Waals surface area contributed by atoms with Gasteiger partial charge in [-0.25, -0.2) is 0 Å². The summed E-state index contributed by atoms with van der Waals surface area (Å²) in [6, 6.07) is 16.2. The number of carbonyl (C=O) groups excluding carboxylic acids is 1. The van der Waals surface area contributed by atoms with Crippen LogP contribution in [-0.4, -0.2) is 18.1 Å². The average molecular weight is 405 g/mol. The van der Waals surface area contributed by atoms with Crippen molar-refractivity contribution in [3.8, 4) is 5.75 Å². The van der Waals surface area contributed by atoms with Crippen LogP contribution in [0.25, 0.3) is 0 Å². The van der Waals surface area contributed by atoms with Crippen molar-refractivity contribution in [3.63, 3.8) is 0 Å². The second-order valence-electron chi connectivity index (χ2n) is 9.33. The molecule has 0 bridgehead atoms. The van der Waals surface area contributed by atoms with Crippen LogP contribution in [0.5, 0.6) is 5.75 Å². The molecule has 0 aromatic heterocycles. The maximum atomic E-state index is 13.3. The Morgan fingerprint density at radius 3 is 2.60 bits per heavy atom. The first-order valence-electron chi connectivity index (χ1n) is 11.2. The first kappa shape index (κ1) is 20.6. The molecule has 1 saturated carbocycles. The smallest absolute Gasteiger partial charge is 0.144 e. The Labute approximate surface area is 179 Å². The zero-order valence-electron chi connectivity index (χ0n) is 18.3. The van der Waals surface area contributed by atoms with Crippen LogP contribution in [0.4, 0.5) is 11.4 Å². The third kappa shape index (κ3) is 4.43. The van der Waals surface area contributed by atoms with Gasteiger partial charge in [0.1, 0.15) is 11.5 Å². The van der Waals surface area contributed by atoms with E-state index in [0.717, 1.165) is 47.8 Å². The summed E-state index contributed by atoms with van der Waals surface area (Å²) in [5.41, 5.74) is 3.94. The molecule has 1 N–H and O–H groups in total. The van der Waals surface area contributed by atoms with E-state index in [2.05, 4.69) is 38.2 Å². The summed E-state index contributed by atoms with van der Waals surface area (Å²) < 4.78 is 5.88. The first-order valence-corrected chi connectivity index (χ1v) is 11.2. The molecule has 4 nitrogen and oxygen atoms in total. The van der Waals surface area contributed by atoms with Crippen LogP contribution in [0.1, 0.15) is 64.5 Å². The van der Waals surface area contributed by atoms with Gasteiger partial charge in [-0.15, -0.1) is 0 Å². The van der Waals surface area contributed by atoms with Gasteiger partial charge in [0.15, 0.2) is 0 Å². The van der Waals surface area contributed by atoms with Crippen LogP contribution in [-0.2, 0) is 4.79 Å². The minimum Gasteiger partial charge on any atom is -0.494 e. The number of anilines is 1. The van der Waals surface area contributed by atoms with E-state index < -0.39 is 0 Å². The molecule has 158 valence electrons. The van der Waals surface area contributed by atoms with Gasteiger partial charge in [0.25, 0.3) is 0 Å². The molecule has 0 radical (unpaired) electrons. The molecule has 1 heterocycles. The monoisotopic (exact) mass is 404 g/mol. The molecule has 0 saturated heterocycles. The third-order valence-electron chi connectivity index (χ3n) is 6.09. The zero-order chi connectivity index (χ0) is 21.1. The Morgan fingerprint density at radius 2 is 1.83 bits per heavy atom. The van der Waals surface area contributed by atoms with Crippen molar-refractivity contribution in [3.05, 3.63) is 54.1 Å². The first-order chi connectivity index (χ1) is 14.5. The standard InChI is InChI=1S/C26H32N2O2/c1-4-5-8-15-30-19-13-11-18(12-14-19)25-24-22(16-26(2,3)17-23(24)29)27-20-9-6-7-10-21(20)28-25/h6-7,9-14,24-25,28H,4-5,8,15-17H2,1-3H3/t24-,25+/m1/s1. The van der Waals surface area contributed by atoms with Crippen molar-refractivity contribution in [1.29, 1.82) is 0 Å². The topological polar surface area (TPSA) is 50.7 Å². The fourth-order valence-corrected chi connectivity index (χ4v) is 4.61. The van der Waals surface area contributed by atoms with E-state index in [4.69, 9.17) is 9.73 Å². The van der Waals surface area contributed by atoms with E-state index in [1.807, 2.05) is 36.4 Å². The maximum Gasteiger partial charge on any atom is 0.144 e. The summed E-state index contributed by atoms with van der Waals surface area (Å²) >= 11 is 0. The number of carbonyl (C=O) groups is 1. The summed E-state index contributed by atoms with van der Waals surface area (Å²) in [4.78, 5) is 18.2. The van der Waals surface area contributed by atoms with E-state index in [9.17, 15) is 4.79 Å². The summed E-state index contributed by atoms with van der Waals surface area (Å²) in [6.45, 7) is 7.26. The summed E-state index contributed by atoms with van der Waals surface area (Å²) in [5.74, 6) is 0.922. The molecule has 4 heteroatoms. The van der Waals surface area contributed by atoms with Gasteiger partial charge < -0.3 is 10.1 Å². The number of ether oxygens (including phenoxy) is 1. The van der Waals surface area contributed by atoms with Crippen molar-refractivity contribution >= 4 is 22.9 Å². The Balaban J connectivity index is 1.63. The molecular weight excluding hydrogens is 372 g/mol.